The number of unbranched alkanes of at least 4 members (excludes halogenated alkanes) is 21. The normalized spacial score (nSPS) is 13.8. The van der Waals surface area contributed by atoms with Gasteiger partial charge in [-0.2, -0.15) is 0 Å². The Bertz CT molecular complexity index is 2390. The van der Waals surface area contributed by atoms with Crippen molar-refractivity contribution in [2.24, 2.45) is 0 Å². The molecule has 0 saturated carbocycles. The number of carboxylic acid groups (broad SMARTS) is 1. The maximum atomic E-state index is 13.0. The highest BCUT2D eigenvalue weighted by molar-refractivity contribution is 5.71. The molecule has 0 aliphatic carbocycles. The van der Waals surface area contributed by atoms with Crippen molar-refractivity contribution in [3.63, 3.8) is 0 Å². The number of esters is 2. The highest BCUT2D eigenvalue weighted by Crippen LogP contribution is 2.17. The third-order valence-electron chi connectivity index (χ3n) is 16.0. The van der Waals surface area contributed by atoms with Gasteiger partial charge in [0.15, 0.2) is 6.10 Å². The zero-order chi connectivity index (χ0) is 71.8. The first kappa shape index (κ1) is 92.9. The molecule has 0 aromatic rings. The van der Waals surface area contributed by atoms with Gasteiger partial charge in [0.1, 0.15) is 13.2 Å². The molecule has 0 rings (SSSR count). The lowest BCUT2D eigenvalue weighted by atomic mass is 10.0. The van der Waals surface area contributed by atoms with Crippen LogP contribution in [0.4, 0.5) is 0 Å². The molecule has 0 spiro atoms. The predicted molar refractivity (Wildman–Crippen MR) is 428 cm³/mol. The molecule has 99 heavy (non-hydrogen) atoms. The van der Waals surface area contributed by atoms with Crippen molar-refractivity contribution in [3.8, 4) is 0 Å². The highest BCUT2D eigenvalue weighted by atomic mass is 16.7. The van der Waals surface area contributed by atoms with Crippen LogP contribution < -0.4 is 0 Å². The standard InChI is InChI=1S/C90H143NO8/c1-6-8-10-12-14-16-18-20-22-24-26-28-30-32-34-36-38-40-41-42-43-44-45-46-47-49-50-52-54-56-58-60-62-64-66-68-70-72-74-76-78-80-87(92)97-84-86(85-98-90(89(94)95)96-83-82-91(3,4)5)99-88(93)81-79-77-75-73-71-69-67-65-63-61-59-57-55-53-51-48-39-37-35-33-31-29-27-25-23-21-19-17-15-13-11-9-7-2/h8-11,14-17,20-23,26-29,32-35,38-40,42-43,48,53,55,59,61,65,67,71,73,86,90H,6-7,12-13,18-19,24-25,30-31,36-37,41,44-47,49-52,54,56-58,60,62-64,66,68-70,72,74-85H2,1-5H3/p+1/b10-8-,11-9-,16-14-,17-15-,22-20-,23-21-,28-26-,29-27-,34-32-,35-33-,40-38-,43-42-,48-39-,55-53-,61-59-,67-65-,73-71-. The summed E-state index contributed by atoms with van der Waals surface area (Å²) in [5, 5.41) is 9.77. The maximum Gasteiger partial charge on any atom is 0.361 e. The number of hydrogen-bond acceptors (Lipinski definition) is 7. The summed E-state index contributed by atoms with van der Waals surface area (Å²) in [7, 11) is 5.95. The summed E-state index contributed by atoms with van der Waals surface area (Å²) < 4.78 is 23.0. The molecule has 0 fully saturated rings. The van der Waals surface area contributed by atoms with Crippen molar-refractivity contribution in [3.05, 3.63) is 207 Å². The van der Waals surface area contributed by atoms with Gasteiger partial charge in [-0.3, -0.25) is 9.59 Å². The van der Waals surface area contributed by atoms with Gasteiger partial charge in [-0.05, 0) is 148 Å². The number of aliphatic carboxylic acids is 1. The van der Waals surface area contributed by atoms with Gasteiger partial charge in [0.05, 0.1) is 34.4 Å². The first-order chi connectivity index (χ1) is 48.6. The molecule has 0 heterocycles. The number of likely N-dealkylation sites (N-methyl/N-ethyl adjacent to an activating group) is 1. The fraction of sp³-hybridized carbons (Fsp3) is 0.589. The second kappa shape index (κ2) is 77.6. The molecule has 0 bridgehead atoms. The van der Waals surface area contributed by atoms with Gasteiger partial charge in [0.25, 0.3) is 6.29 Å². The number of carbonyl (C=O) groups excluding carboxylic acids is 2. The number of allylic oxidation sites excluding steroid dienone is 34. The Balaban J connectivity index is 4.15. The minimum absolute atomic E-state index is 0.170. The lowest BCUT2D eigenvalue weighted by Gasteiger charge is -2.25. The Hall–Kier alpha value is -6.13. The van der Waals surface area contributed by atoms with E-state index in [-0.39, 0.29) is 38.6 Å². The van der Waals surface area contributed by atoms with Crippen LogP contribution in [-0.4, -0.2) is 87.4 Å². The third kappa shape index (κ3) is 79.1. The number of carboxylic acids is 1. The lowest BCUT2D eigenvalue weighted by Crippen LogP contribution is -2.40. The number of ether oxygens (including phenoxy) is 4. The first-order valence-corrected chi connectivity index (χ1v) is 39.2. The molecule has 0 radical (unpaired) electrons. The molecule has 9 heteroatoms. The van der Waals surface area contributed by atoms with Gasteiger partial charge in [-0.1, -0.05) is 330 Å². The molecule has 0 aromatic carbocycles. The fourth-order valence-corrected chi connectivity index (χ4v) is 10.1. The molecule has 0 aromatic heterocycles. The molecular weight excluding hydrogens is 1220 g/mol. The van der Waals surface area contributed by atoms with E-state index in [0.29, 0.717) is 17.4 Å². The molecule has 2 atom stereocenters. The summed E-state index contributed by atoms with van der Waals surface area (Å²) in [6.07, 6.45) is 118. The summed E-state index contributed by atoms with van der Waals surface area (Å²) in [5.74, 6) is -2.08. The van der Waals surface area contributed by atoms with Crippen molar-refractivity contribution in [1.29, 1.82) is 0 Å². The lowest BCUT2D eigenvalue weighted by molar-refractivity contribution is -0.870. The van der Waals surface area contributed by atoms with Crippen LogP contribution in [0.15, 0.2) is 207 Å². The Morgan fingerprint density at radius 1 is 0.303 bits per heavy atom. The predicted octanol–water partition coefficient (Wildman–Crippen LogP) is 25.5. The van der Waals surface area contributed by atoms with E-state index in [2.05, 4.69) is 220 Å². The largest absolute Gasteiger partial charge is 0.477 e. The summed E-state index contributed by atoms with van der Waals surface area (Å²) >= 11 is 0. The summed E-state index contributed by atoms with van der Waals surface area (Å²) in [6.45, 7) is 4.59. The number of nitrogens with zero attached hydrogens (tertiary/aromatic N) is 1. The topological polar surface area (TPSA) is 108 Å². The zero-order valence-electron chi connectivity index (χ0n) is 63.6. The van der Waals surface area contributed by atoms with Crippen LogP contribution in [0.1, 0.15) is 284 Å². The fourth-order valence-electron chi connectivity index (χ4n) is 10.1. The van der Waals surface area contributed by atoms with E-state index in [1.807, 2.05) is 21.1 Å². The molecule has 0 aliphatic rings. The van der Waals surface area contributed by atoms with Gasteiger partial charge < -0.3 is 28.5 Å². The number of quaternary nitrogens is 1. The SMILES string of the molecule is CC/C=C\C/C=C\C/C=C\C/C=C\C/C=C\C/C=C\C/C=C\C/C=C\C/C=C\C/C=C\CCCCC(=O)OC(COC(=O)CCCCCCCCCCCCCCCCCCCCC/C=C\C/C=C\C/C=C\C/C=C\C/C=C\C/C=C\C/C=C\CC)COC(OCC[N+](C)(C)C)C(=O)O. The van der Waals surface area contributed by atoms with Gasteiger partial charge in [0, 0.05) is 12.8 Å². The minimum Gasteiger partial charge on any atom is -0.477 e. The summed E-state index contributed by atoms with van der Waals surface area (Å²) in [4.78, 5) is 37.7. The van der Waals surface area contributed by atoms with Crippen LogP contribution in [0.25, 0.3) is 0 Å². The van der Waals surface area contributed by atoms with E-state index >= 15 is 0 Å². The first-order valence-electron chi connectivity index (χ1n) is 39.2. The quantitative estimate of drug-likeness (QED) is 0.0211. The van der Waals surface area contributed by atoms with Crippen LogP contribution in [0.2, 0.25) is 0 Å². The average Bonchev–Trinajstić information content (AvgIpc) is 1.57. The van der Waals surface area contributed by atoms with E-state index in [1.54, 1.807) is 0 Å². The Labute approximate surface area is 607 Å². The summed E-state index contributed by atoms with van der Waals surface area (Å²) in [5.41, 5.74) is 0. The molecule has 0 saturated heterocycles. The molecule has 0 amide bonds. The zero-order valence-corrected chi connectivity index (χ0v) is 63.6. The molecule has 2 unspecified atom stereocenters. The van der Waals surface area contributed by atoms with Crippen LogP contribution in [-0.2, 0) is 33.3 Å². The Kier molecular flexibility index (Phi) is 72.8. The number of carbonyl (C=O) groups is 3. The summed E-state index contributed by atoms with van der Waals surface area (Å²) in [6, 6.07) is 0. The van der Waals surface area contributed by atoms with Crippen LogP contribution >= 0.6 is 0 Å². The van der Waals surface area contributed by atoms with E-state index in [1.165, 1.54) is 109 Å². The second-order valence-electron chi connectivity index (χ2n) is 26.6. The van der Waals surface area contributed by atoms with Crippen molar-refractivity contribution in [2.45, 2.75) is 296 Å². The van der Waals surface area contributed by atoms with Gasteiger partial charge >= 0.3 is 17.9 Å². The van der Waals surface area contributed by atoms with Crippen molar-refractivity contribution >= 4 is 17.9 Å². The van der Waals surface area contributed by atoms with E-state index in [0.717, 1.165) is 141 Å². The molecule has 1 N–H and O–H groups in total. The van der Waals surface area contributed by atoms with Crippen LogP contribution in [0, 0.1) is 0 Å². The third-order valence-corrected chi connectivity index (χ3v) is 16.0. The van der Waals surface area contributed by atoms with Crippen LogP contribution in [0.3, 0.4) is 0 Å². The second-order valence-corrected chi connectivity index (χ2v) is 26.6. The van der Waals surface area contributed by atoms with E-state index in [9.17, 15) is 19.5 Å². The molecular formula is C90H144NO8+. The number of hydrogen-bond donors (Lipinski definition) is 1. The molecule has 556 valence electrons. The van der Waals surface area contributed by atoms with Crippen molar-refractivity contribution in [2.75, 3.05) is 47.5 Å². The van der Waals surface area contributed by atoms with Gasteiger partial charge in [0.2, 0.25) is 0 Å². The average molecular weight is 1370 g/mol. The highest BCUT2D eigenvalue weighted by Gasteiger charge is 2.25. The Morgan fingerprint density at radius 2 is 0.545 bits per heavy atom. The molecule has 9 nitrogen and oxygen atoms in total. The van der Waals surface area contributed by atoms with Gasteiger partial charge in [-0.15, -0.1) is 0 Å². The Morgan fingerprint density at radius 3 is 0.828 bits per heavy atom. The minimum atomic E-state index is -1.54. The van der Waals surface area contributed by atoms with Crippen molar-refractivity contribution < 1.29 is 42.9 Å². The molecule has 0 aliphatic heterocycles. The maximum absolute atomic E-state index is 13.0. The van der Waals surface area contributed by atoms with Gasteiger partial charge in [-0.25, -0.2) is 4.79 Å². The number of rotatable bonds is 70. The monoisotopic (exact) mass is 1370 g/mol. The van der Waals surface area contributed by atoms with E-state index < -0.39 is 24.3 Å². The van der Waals surface area contributed by atoms with Crippen LogP contribution in [0.5, 0.6) is 0 Å². The smallest absolute Gasteiger partial charge is 0.361 e. The van der Waals surface area contributed by atoms with E-state index in [4.69, 9.17) is 18.9 Å². The van der Waals surface area contributed by atoms with Crippen molar-refractivity contribution in [1.82, 2.24) is 0 Å².